The summed E-state index contributed by atoms with van der Waals surface area (Å²) < 4.78 is 0.217. The van der Waals surface area contributed by atoms with Gasteiger partial charge in [-0.1, -0.05) is 31.9 Å². The molecular weight excluding hydrogens is 234 g/mol. The maximum Gasteiger partial charge on any atom is 0.0943 e. The second kappa shape index (κ2) is 2.27. The lowest BCUT2D eigenvalue weighted by atomic mass is 10.4. The summed E-state index contributed by atoms with van der Waals surface area (Å²) >= 11 is 7.12. The van der Waals surface area contributed by atoms with Gasteiger partial charge >= 0.3 is 0 Å². The summed E-state index contributed by atoms with van der Waals surface area (Å²) in [6.07, 6.45) is 1.20. The van der Waals surface area contributed by atoms with E-state index in [2.05, 4.69) is 43.8 Å². The molecule has 0 spiro atoms. The van der Waals surface area contributed by atoms with E-state index in [0.29, 0.717) is 0 Å². The molecule has 0 N–H and O–H groups in total. The van der Waals surface area contributed by atoms with Crippen molar-refractivity contribution in [2.75, 3.05) is 20.1 Å². The van der Waals surface area contributed by atoms with Crippen LogP contribution in [0.5, 0.6) is 0 Å². The van der Waals surface area contributed by atoms with Gasteiger partial charge in [-0.05, 0) is 13.5 Å². The number of halogens is 2. The fraction of sp³-hybridized carbons (Fsp3) is 1.00. The Morgan fingerprint density at radius 2 is 2.12 bits per heavy atom. The van der Waals surface area contributed by atoms with E-state index in [4.69, 9.17) is 0 Å². The minimum Gasteiger partial charge on any atom is -0.304 e. The van der Waals surface area contributed by atoms with Crippen LogP contribution in [-0.4, -0.2) is 28.3 Å². The Bertz CT molecular complexity index is 92.4. The zero-order valence-corrected chi connectivity index (χ0v) is 8.00. The highest BCUT2D eigenvalue weighted by Crippen LogP contribution is 2.35. The van der Waals surface area contributed by atoms with E-state index >= 15 is 0 Å². The lowest BCUT2D eigenvalue weighted by Gasteiger charge is -2.10. The lowest BCUT2D eigenvalue weighted by molar-refractivity contribution is 0.418. The summed E-state index contributed by atoms with van der Waals surface area (Å²) in [7, 11) is 2.13. The van der Waals surface area contributed by atoms with Gasteiger partial charge in [-0.3, -0.25) is 0 Å². The van der Waals surface area contributed by atoms with Crippen LogP contribution in [0.25, 0.3) is 0 Å². The maximum absolute atomic E-state index is 3.56. The topological polar surface area (TPSA) is 3.24 Å². The van der Waals surface area contributed by atoms with E-state index in [9.17, 15) is 0 Å². The van der Waals surface area contributed by atoms with Crippen LogP contribution in [0, 0.1) is 0 Å². The first kappa shape index (κ1) is 7.03. The summed E-state index contributed by atoms with van der Waals surface area (Å²) in [4.78, 5) is 2.30. The molecule has 48 valence electrons. The third kappa shape index (κ3) is 1.71. The number of alkyl halides is 2. The lowest BCUT2D eigenvalue weighted by Crippen LogP contribution is -2.18. The van der Waals surface area contributed by atoms with Crippen LogP contribution in [0.2, 0.25) is 0 Å². The Kier molecular flexibility index (Phi) is 2.00. The molecule has 0 atom stereocenters. The Hall–Kier alpha value is 0.920. The SMILES string of the molecule is CN1CCC(Br)(Br)C1. The van der Waals surface area contributed by atoms with Gasteiger partial charge in [0, 0.05) is 13.1 Å². The molecule has 0 bridgehead atoms. The van der Waals surface area contributed by atoms with E-state index in [1.807, 2.05) is 0 Å². The molecule has 8 heavy (non-hydrogen) atoms. The average Bonchev–Trinajstić information content (AvgIpc) is 1.82. The molecule has 0 aromatic rings. The monoisotopic (exact) mass is 241 g/mol. The second-order valence-electron chi connectivity index (χ2n) is 2.34. The molecule has 1 nitrogen and oxygen atoms in total. The Morgan fingerprint density at radius 1 is 1.50 bits per heavy atom. The number of hydrogen-bond donors (Lipinski definition) is 0. The molecule has 1 saturated heterocycles. The fourth-order valence-electron chi connectivity index (χ4n) is 0.907. The molecule has 0 saturated carbocycles. The molecule has 0 amide bonds. The Balaban J connectivity index is 2.44. The van der Waals surface area contributed by atoms with Crippen LogP contribution in [-0.2, 0) is 0 Å². The number of likely N-dealkylation sites (tertiary alicyclic amines) is 1. The molecule has 0 aliphatic carbocycles. The first-order valence-corrected chi connectivity index (χ1v) is 4.25. The van der Waals surface area contributed by atoms with Crippen LogP contribution in [0.4, 0.5) is 0 Å². The molecule has 1 heterocycles. The summed E-state index contributed by atoms with van der Waals surface area (Å²) in [5.41, 5.74) is 0. The average molecular weight is 243 g/mol. The first-order chi connectivity index (χ1) is 3.60. The van der Waals surface area contributed by atoms with Gasteiger partial charge in [-0.25, -0.2) is 0 Å². The second-order valence-corrected chi connectivity index (χ2v) is 6.44. The van der Waals surface area contributed by atoms with Crippen molar-refractivity contribution >= 4 is 31.9 Å². The number of rotatable bonds is 0. The standard InChI is InChI=1S/C5H9Br2N/c1-8-3-2-5(6,7)4-8/h2-4H2,1H3. The third-order valence-electron chi connectivity index (χ3n) is 1.36. The maximum atomic E-state index is 3.56. The number of nitrogens with zero attached hydrogens (tertiary/aromatic N) is 1. The van der Waals surface area contributed by atoms with Gasteiger partial charge < -0.3 is 4.90 Å². The third-order valence-corrected chi connectivity index (χ3v) is 2.66. The van der Waals surface area contributed by atoms with Crippen molar-refractivity contribution in [2.24, 2.45) is 0 Å². The van der Waals surface area contributed by atoms with Gasteiger partial charge in [0.2, 0.25) is 0 Å². The highest BCUT2D eigenvalue weighted by Gasteiger charge is 2.30. The zero-order chi connectivity index (χ0) is 6.20. The molecule has 1 rings (SSSR count). The van der Waals surface area contributed by atoms with Gasteiger partial charge in [0.15, 0.2) is 0 Å². The van der Waals surface area contributed by atoms with Crippen molar-refractivity contribution < 1.29 is 0 Å². The van der Waals surface area contributed by atoms with E-state index in [1.54, 1.807) is 0 Å². The molecular formula is C5H9Br2N. The van der Waals surface area contributed by atoms with Gasteiger partial charge in [-0.2, -0.15) is 0 Å². The summed E-state index contributed by atoms with van der Waals surface area (Å²) in [5, 5.41) is 0. The van der Waals surface area contributed by atoms with Crippen molar-refractivity contribution in [3.05, 3.63) is 0 Å². The van der Waals surface area contributed by atoms with Gasteiger partial charge in [-0.15, -0.1) is 0 Å². The molecule has 3 heteroatoms. The molecule has 1 aliphatic heterocycles. The zero-order valence-electron chi connectivity index (χ0n) is 4.82. The van der Waals surface area contributed by atoms with E-state index in [0.717, 1.165) is 6.54 Å². The highest BCUT2D eigenvalue weighted by molar-refractivity contribution is 9.25. The van der Waals surface area contributed by atoms with Gasteiger partial charge in [0.25, 0.3) is 0 Å². The quantitative estimate of drug-likeness (QED) is 0.586. The first-order valence-electron chi connectivity index (χ1n) is 2.66. The summed E-state index contributed by atoms with van der Waals surface area (Å²) in [5.74, 6) is 0. The molecule has 0 unspecified atom stereocenters. The van der Waals surface area contributed by atoms with Crippen LogP contribution >= 0.6 is 31.9 Å². The normalized spacial score (nSPS) is 28.9. The highest BCUT2D eigenvalue weighted by atomic mass is 79.9. The van der Waals surface area contributed by atoms with Crippen LogP contribution in [0.3, 0.4) is 0 Å². The van der Waals surface area contributed by atoms with Crippen molar-refractivity contribution in [3.8, 4) is 0 Å². The van der Waals surface area contributed by atoms with Crippen molar-refractivity contribution in [3.63, 3.8) is 0 Å². The van der Waals surface area contributed by atoms with Crippen LogP contribution in [0.15, 0.2) is 0 Å². The predicted octanol–water partition coefficient (Wildman–Crippen LogP) is 1.81. The van der Waals surface area contributed by atoms with Crippen molar-refractivity contribution in [1.82, 2.24) is 4.90 Å². The van der Waals surface area contributed by atoms with E-state index in [1.165, 1.54) is 13.0 Å². The largest absolute Gasteiger partial charge is 0.304 e. The summed E-state index contributed by atoms with van der Waals surface area (Å²) in [6.45, 7) is 2.30. The van der Waals surface area contributed by atoms with Crippen LogP contribution < -0.4 is 0 Å². The molecule has 0 aromatic carbocycles. The Morgan fingerprint density at radius 3 is 2.25 bits per heavy atom. The van der Waals surface area contributed by atoms with Crippen molar-refractivity contribution in [1.29, 1.82) is 0 Å². The fourth-order valence-corrected chi connectivity index (χ4v) is 2.12. The van der Waals surface area contributed by atoms with Crippen LogP contribution in [0.1, 0.15) is 6.42 Å². The summed E-state index contributed by atoms with van der Waals surface area (Å²) in [6, 6.07) is 0. The molecule has 0 radical (unpaired) electrons. The smallest absolute Gasteiger partial charge is 0.0943 e. The molecule has 1 fully saturated rings. The van der Waals surface area contributed by atoms with Gasteiger partial charge in [0.05, 0.1) is 3.23 Å². The number of hydrogen-bond acceptors (Lipinski definition) is 1. The predicted molar refractivity (Wildman–Crippen MR) is 42.7 cm³/mol. The Labute approximate surface area is 66.7 Å². The minimum absolute atomic E-state index is 0.217. The van der Waals surface area contributed by atoms with E-state index in [-0.39, 0.29) is 3.23 Å². The van der Waals surface area contributed by atoms with E-state index < -0.39 is 0 Å². The molecule has 1 aliphatic rings. The van der Waals surface area contributed by atoms with Gasteiger partial charge in [0.1, 0.15) is 0 Å². The van der Waals surface area contributed by atoms with Crippen molar-refractivity contribution in [2.45, 2.75) is 9.65 Å². The molecule has 0 aromatic heterocycles. The minimum atomic E-state index is 0.217.